The standard InChI is InChI=1S/C31H31N3O5/c1-21-11-13-24(14-12-21)32-30(38)31(16-15-22-7-3-4-8-23(22)19-31)34(17-18-39-2)27(35)20-33-28(36)25-9-5-6-10-26(25)29(33)37/h3-14H,15-20H2,1-2H3,(H,32,38)/t31-/m1/s1. The van der Waals surface area contributed by atoms with E-state index in [0.717, 1.165) is 21.6 Å². The molecule has 1 atom stereocenters. The molecule has 0 radical (unpaired) electrons. The maximum atomic E-state index is 14.1. The lowest BCUT2D eigenvalue weighted by Crippen LogP contribution is -2.64. The van der Waals surface area contributed by atoms with E-state index in [1.165, 1.54) is 12.0 Å². The minimum Gasteiger partial charge on any atom is -0.383 e. The second-order valence-corrected chi connectivity index (χ2v) is 10.1. The SMILES string of the molecule is COCCN(C(=O)CN1C(=O)c2ccccc2C1=O)[C@]1(C(=O)Nc2ccc(C)cc2)CCc2ccccc2C1. The molecule has 200 valence electrons. The van der Waals surface area contributed by atoms with Crippen molar-refractivity contribution in [3.63, 3.8) is 0 Å². The zero-order valence-corrected chi connectivity index (χ0v) is 22.1. The summed E-state index contributed by atoms with van der Waals surface area (Å²) in [5, 5.41) is 3.03. The maximum Gasteiger partial charge on any atom is 0.262 e. The van der Waals surface area contributed by atoms with E-state index in [1.807, 2.05) is 55.5 Å². The number of ether oxygens (including phenoxy) is 1. The van der Waals surface area contributed by atoms with Crippen LogP contribution in [0.15, 0.2) is 72.8 Å². The first-order chi connectivity index (χ1) is 18.8. The quantitative estimate of drug-likeness (QED) is 0.453. The Kier molecular flexibility index (Phi) is 7.30. The third kappa shape index (κ3) is 4.95. The van der Waals surface area contributed by atoms with E-state index in [0.29, 0.717) is 24.9 Å². The Labute approximate surface area is 227 Å². The molecular formula is C31H31N3O5. The molecule has 5 rings (SSSR count). The van der Waals surface area contributed by atoms with Gasteiger partial charge in [0.1, 0.15) is 12.1 Å². The Bertz CT molecular complexity index is 1400. The molecule has 0 saturated carbocycles. The van der Waals surface area contributed by atoms with Crippen LogP contribution in [0.5, 0.6) is 0 Å². The third-order valence-corrected chi connectivity index (χ3v) is 7.65. The van der Waals surface area contributed by atoms with Crippen LogP contribution in [0.4, 0.5) is 5.69 Å². The Morgan fingerprint density at radius 3 is 2.18 bits per heavy atom. The van der Waals surface area contributed by atoms with Crippen molar-refractivity contribution in [3.8, 4) is 0 Å². The number of aryl methyl sites for hydroxylation is 2. The van der Waals surface area contributed by atoms with Gasteiger partial charge in [0.15, 0.2) is 0 Å². The average molecular weight is 526 g/mol. The zero-order chi connectivity index (χ0) is 27.6. The molecule has 0 bridgehead atoms. The second kappa shape index (κ2) is 10.8. The first-order valence-corrected chi connectivity index (χ1v) is 13.0. The molecule has 8 nitrogen and oxygen atoms in total. The highest BCUT2D eigenvalue weighted by molar-refractivity contribution is 6.22. The molecular weight excluding hydrogens is 494 g/mol. The van der Waals surface area contributed by atoms with Crippen LogP contribution in [0, 0.1) is 6.92 Å². The summed E-state index contributed by atoms with van der Waals surface area (Å²) in [7, 11) is 1.53. The van der Waals surface area contributed by atoms with Crippen molar-refractivity contribution in [1.82, 2.24) is 9.80 Å². The Hall–Kier alpha value is -4.30. The number of imide groups is 1. The normalized spacial score (nSPS) is 17.9. The first-order valence-electron chi connectivity index (χ1n) is 13.0. The summed E-state index contributed by atoms with van der Waals surface area (Å²) in [6.07, 6.45) is 1.29. The van der Waals surface area contributed by atoms with E-state index in [1.54, 1.807) is 24.3 Å². The number of fused-ring (bicyclic) bond motifs is 2. The second-order valence-electron chi connectivity index (χ2n) is 10.1. The summed E-state index contributed by atoms with van der Waals surface area (Å²) in [5.74, 6) is -1.82. The molecule has 0 spiro atoms. The monoisotopic (exact) mass is 525 g/mol. The lowest BCUT2D eigenvalue weighted by molar-refractivity contribution is -0.147. The minimum absolute atomic E-state index is 0.127. The zero-order valence-electron chi connectivity index (χ0n) is 22.1. The van der Waals surface area contributed by atoms with Gasteiger partial charge in [0.2, 0.25) is 5.91 Å². The summed E-state index contributed by atoms with van der Waals surface area (Å²) in [5.41, 5.74) is 3.12. The van der Waals surface area contributed by atoms with Gasteiger partial charge in [0, 0.05) is 25.8 Å². The summed E-state index contributed by atoms with van der Waals surface area (Å²) in [4.78, 5) is 56.7. The van der Waals surface area contributed by atoms with Crippen LogP contribution < -0.4 is 5.32 Å². The van der Waals surface area contributed by atoms with Crippen molar-refractivity contribution in [3.05, 3.63) is 101 Å². The number of nitrogens with zero attached hydrogens (tertiary/aromatic N) is 2. The first kappa shape index (κ1) is 26.3. The molecule has 4 amide bonds. The number of methoxy groups -OCH3 is 1. The number of rotatable bonds is 8. The predicted octanol–water partition coefficient (Wildman–Crippen LogP) is 3.63. The Morgan fingerprint density at radius 2 is 1.54 bits per heavy atom. The lowest BCUT2D eigenvalue weighted by Gasteiger charge is -2.45. The third-order valence-electron chi connectivity index (χ3n) is 7.65. The minimum atomic E-state index is -1.24. The molecule has 1 heterocycles. The number of amides is 4. The molecule has 0 unspecified atom stereocenters. The molecule has 1 aliphatic carbocycles. The van der Waals surface area contributed by atoms with Gasteiger partial charge in [0.25, 0.3) is 17.7 Å². The summed E-state index contributed by atoms with van der Waals surface area (Å²) >= 11 is 0. The van der Waals surface area contributed by atoms with E-state index < -0.39 is 29.8 Å². The number of hydrogen-bond donors (Lipinski definition) is 1. The van der Waals surface area contributed by atoms with Crippen molar-refractivity contribution in [2.45, 2.75) is 31.7 Å². The maximum absolute atomic E-state index is 14.1. The lowest BCUT2D eigenvalue weighted by atomic mass is 9.75. The molecule has 1 N–H and O–H groups in total. The van der Waals surface area contributed by atoms with Crippen LogP contribution in [-0.2, 0) is 27.2 Å². The largest absolute Gasteiger partial charge is 0.383 e. The highest BCUT2D eigenvalue weighted by atomic mass is 16.5. The van der Waals surface area contributed by atoms with Gasteiger partial charge in [0.05, 0.1) is 17.7 Å². The number of nitrogens with one attached hydrogen (secondary N) is 1. The fourth-order valence-corrected chi connectivity index (χ4v) is 5.51. The van der Waals surface area contributed by atoms with Gasteiger partial charge in [-0.25, -0.2) is 0 Å². The molecule has 3 aromatic rings. The van der Waals surface area contributed by atoms with E-state index in [-0.39, 0.29) is 30.2 Å². The van der Waals surface area contributed by atoms with Crippen LogP contribution in [0.25, 0.3) is 0 Å². The van der Waals surface area contributed by atoms with Crippen molar-refractivity contribution in [2.24, 2.45) is 0 Å². The smallest absolute Gasteiger partial charge is 0.262 e. The fourth-order valence-electron chi connectivity index (χ4n) is 5.51. The topological polar surface area (TPSA) is 96.0 Å². The number of hydrogen-bond acceptors (Lipinski definition) is 5. The highest BCUT2D eigenvalue weighted by Gasteiger charge is 2.49. The Morgan fingerprint density at radius 1 is 0.923 bits per heavy atom. The van der Waals surface area contributed by atoms with Gasteiger partial charge in [-0.1, -0.05) is 54.1 Å². The average Bonchev–Trinajstić information content (AvgIpc) is 3.19. The van der Waals surface area contributed by atoms with Gasteiger partial charge < -0.3 is 15.0 Å². The molecule has 3 aromatic carbocycles. The molecule has 2 aliphatic rings. The van der Waals surface area contributed by atoms with Gasteiger partial charge in [-0.2, -0.15) is 0 Å². The van der Waals surface area contributed by atoms with Crippen LogP contribution in [0.2, 0.25) is 0 Å². The van der Waals surface area contributed by atoms with Crippen molar-refractivity contribution in [1.29, 1.82) is 0 Å². The van der Waals surface area contributed by atoms with E-state index in [4.69, 9.17) is 4.74 Å². The highest BCUT2D eigenvalue weighted by Crippen LogP contribution is 2.35. The van der Waals surface area contributed by atoms with Crippen LogP contribution in [-0.4, -0.2) is 65.8 Å². The Balaban J connectivity index is 1.50. The van der Waals surface area contributed by atoms with Crippen molar-refractivity contribution < 1.29 is 23.9 Å². The number of carbonyl (C=O) groups is 4. The van der Waals surface area contributed by atoms with Gasteiger partial charge in [-0.15, -0.1) is 0 Å². The van der Waals surface area contributed by atoms with Gasteiger partial charge in [-0.05, 0) is 55.2 Å². The molecule has 8 heteroatoms. The van der Waals surface area contributed by atoms with E-state index in [9.17, 15) is 19.2 Å². The molecule has 0 aromatic heterocycles. The fraction of sp³-hybridized carbons (Fsp3) is 0.290. The number of carbonyl (C=O) groups excluding carboxylic acids is 4. The molecule has 39 heavy (non-hydrogen) atoms. The summed E-state index contributed by atoms with van der Waals surface area (Å²) in [6.45, 7) is 1.82. The van der Waals surface area contributed by atoms with Crippen LogP contribution in [0.1, 0.15) is 43.8 Å². The van der Waals surface area contributed by atoms with Crippen LogP contribution >= 0.6 is 0 Å². The van der Waals surface area contributed by atoms with Crippen molar-refractivity contribution >= 4 is 29.3 Å². The number of benzene rings is 3. The predicted molar refractivity (Wildman–Crippen MR) is 146 cm³/mol. The van der Waals surface area contributed by atoms with Crippen molar-refractivity contribution in [2.75, 3.05) is 32.1 Å². The van der Waals surface area contributed by atoms with Gasteiger partial charge in [-0.3, -0.25) is 24.1 Å². The van der Waals surface area contributed by atoms with E-state index in [2.05, 4.69) is 5.32 Å². The molecule has 0 fully saturated rings. The van der Waals surface area contributed by atoms with Gasteiger partial charge >= 0.3 is 0 Å². The molecule has 0 saturated heterocycles. The van der Waals surface area contributed by atoms with Crippen LogP contribution in [0.3, 0.4) is 0 Å². The summed E-state index contributed by atoms with van der Waals surface area (Å²) in [6, 6.07) is 21.9. The number of anilines is 1. The molecule has 1 aliphatic heterocycles. The van der Waals surface area contributed by atoms with E-state index >= 15 is 0 Å². The summed E-state index contributed by atoms with van der Waals surface area (Å²) < 4.78 is 5.33.